The van der Waals surface area contributed by atoms with Gasteiger partial charge in [-0.1, -0.05) is 0 Å². The molecular weight excluding hydrogens is 252 g/mol. The fourth-order valence-corrected chi connectivity index (χ4v) is 1.54. The molecule has 0 amide bonds. The lowest BCUT2D eigenvalue weighted by atomic mass is 10.4. The third-order valence-electron chi connectivity index (χ3n) is 2.50. The number of aromatic nitrogens is 4. The number of nitro groups is 1. The summed E-state index contributed by atoms with van der Waals surface area (Å²) in [5.74, 6) is 5.23. The standard InChI is InChI=1S/C9H12N8O2/c1-16-6(2-3-14-16)4-11-8-7(17(18)19)9(15-10)13-5-12-8/h2-3,5H,4,10H2,1H3,(H2,11,12,13,15). The molecular formula is C9H12N8O2. The van der Waals surface area contributed by atoms with Crippen molar-refractivity contribution in [2.24, 2.45) is 12.9 Å². The van der Waals surface area contributed by atoms with Crippen LogP contribution < -0.4 is 16.6 Å². The van der Waals surface area contributed by atoms with Crippen LogP contribution in [0.1, 0.15) is 5.69 Å². The molecule has 0 unspecified atom stereocenters. The molecule has 2 heterocycles. The predicted molar refractivity (Wildman–Crippen MR) is 67.0 cm³/mol. The van der Waals surface area contributed by atoms with Crippen LogP contribution in [0, 0.1) is 10.1 Å². The van der Waals surface area contributed by atoms with Crippen LogP contribution in [0.3, 0.4) is 0 Å². The summed E-state index contributed by atoms with van der Waals surface area (Å²) in [6, 6.07) is 1.79. The van der Waals surface area contributed by atoms with Gasteiger partial charge in [0, 0.05) is 13.2 Å². The van der Waals surface area contributed by atoms with Gasteiger partial charge in [-0.25, -0.2) is 15.8 Å². The van der Waals surface area contributed by atoms with E-state index in [0.717, 1.165) is 5.69 Å². The van der Waals surface area contributed by atoms with E-state index in [4.69, 9.17) is 5.84 Å². The second-order valence-corrected chi connectivity index (χ2v) is 3.62. The number of nitrogens with two attached hydrogens (primary N) is 1. The molecule has 4 N–H and O–H groups in total. The van der Waals surface area contributed by atoms with Gasteiger partial charge in [0.1, 0.15) is 6.33 Å². The molecule has 0 atom stereocenters. The minimum absolute atomic E-state index is 0.0486. The van der Waals surface area contributed by atoms with Gasteiger partial charge in [-0.05, 0) is 6.07 Å². The predicted octanol–water partition coefficient (Wildman–Crippen LogP) is 0.0160. The highest BCUT2D eigenvalue weighted by Gasteiger charge is 2.22. The Balaban J connectivity index is 2.25. The van der Waals surface area contributed by atoms with Gasteiger partial charge in [0.15, 0.2) is 0 Å². The van der Waals surface area contributed by atoms with Gasteiger partial charge >= 0.3 is 5.69 Å². The molecule has 2 aromatic heterocycles. The van der Waals surface area contributed by atoms with Crippen molar-refractivity contribution in [2.45, 2.75) is 6.54 Å². The maximum absolute atomic E-state index is 11.0. The van der Waals surface area contributed by atoms with E-state index >= 15 is 0 Å². The largest absolute Gasteiger partial charge is 0.359 e. The molecule has 10 nitrogen and oxygen atoms in total. The van der Waals surface area contributed by atoms with Gasteiger partial charge in [0.25, 0.3) is 0 Å². The van der Waals surface area contributed by atoms with Crippen LogP contribution in [0.2, 0.25) is 0 Å². The average Bonchev–Trinajstić information content (AvgIpc) is 2.81. The average molecular weight is 264 g/mol. The number of hydrogen-bond donors (Lipinski definition) is 3. The molecule has 2 aromatic rings. The Morgan fingerprint density at radius 1 is 1.47 bits per heavy atom. The second kappa shape index (κ2) is 5.27. The van der Waals surface area contributed by atoms with Gasteiger partial charge < -0.3 is 10.7 Å². The fourth-order valence-electron chi connectivity index (χ4n) is 1.54. The summed E-state index contributed by atoms with van der Waals surface area (Å²) in [5, 5.41) is 17.9. The van der Waals surface area contributed by atoms with Crippen molar-refractivity contribution in [1.82, 2.24) is 19.7 Å². The highest BCUT2D eigenvalue weighted by Crippen LogP contribution is 2.28. The highest BCUT2D eigenvalue weighted by molar-refractivity contribution is 5.68. The number of anilines is 2. The molecule has 0 aliphatic rings. The van der Waals surface area contributed by atoms with E-state index in [1.165, 1.54) is 6.33 Å². The zero-order valence-corrected chi connectivity index (χ0v) is 10.1. The van der Waals surface area contributed by atoms with Crippen LogP contribution >= 0.6 is 0 Å². The van der Waals surface area contributed by atoms with Gasteiger partial charge in [-0.15, -0.1) is 0 Å². The van der Waals surface area contributed by atoms with E-state index in [1.807, 2.05) is 0 Å². The molecule has 0 radical (unpaired) electrons. The van der Waals surface area contributed by atoms with E-state index in [9.17, 15) is 10.1 Å². The first kappa shape index (κ1) is 12.7. The maximum atomic E-state index is 11.0. The van der Waals surface area contributed by atoms with E-state index in [1.54, 1.807) is 24.0 Å². The van der Waals surface area contributed by atoms with Crippen molar-refractivity contribution in [3.8, 4) is 0 Å². The van der Waals surface area contributed by atoms with Gasteiger partial charge in [0.05, 0.1) is 17.2 Å². The highest BCUT2D eigenvalue weighted by atomic mass is 16.6. The number of nitrogen functional groups attached to an aromatic ring is 1. The molecule has 0 bridgehead atoms. The lowest BCUT2D eigenvalue weighted by molar-refractivity contribution is -0.383. The van der Waals surface area contributed by atoms with Gasteiger partial charge in [-0.3, -0.25) is 14.8 Å². The smallest absolute Gasteiger partial charge is 0.354 e. The molecule has 0 saturated heterocycles. The third kappa shape index (κ3) is 2.57. The first-order valence-corrected chi connectivity index (χ1v) is 5.30. The molecule has 0 aliphatic carbocycles. The van der Waals surface area contributed by atoms with Crippen LogP contribution in [0.5, 0.6) is 0 Å². The summed E-state index contributed by atoms with van der Waals surface area (Å²) >= 11 is 0. The van der Waals surface area contributed by atoms with E-state index in [2.05, 4.69) is 25.8 Å². The topological polar surface area (TPSA) is 137 Å². The Labute approximate surface area is 107 Å². The van der Waals surface area contributed by atoms with Crippen molar-refractivity contribution in [1.29, 1.82) is 0 Å². The van der Waals surface area contributed by atoms with Crippen LogP contribution in [-0.4, -0.2) is 24.7 Å². The summed E-state index contributed by atoms with van der Waals surface area (Å²) in [4.78, 5) is 17.9. The number of hydrazine groups is 1. The zero-order valence-electron chi connectivity index (χ0n) is 10.1. The Morgan fingerprint density at radius 3 is 2.79 bits per heavy atom. The molecule has 19 heavy (non-hydrogen) atoms. The second-order valence-electron chi connectivity index (χ2n) is 3.62. The molecule has 100 valence electrons. The molecule has 0 aliphatic heterocycles. The van der Waals surface area contributed by atoms with Crippen LogP contribution in [0.4, 0.5) is 17.3 Å². The first-order chi connectivity index (χ1) is 9.13. The molecule has 10 heteroatoms. The summed E-state index contributed by atoms with van der Waals surface area (Å²) < 4.78 is 1.65. The van der Waals surface area contributed by atoms with Crippen LogP contribution in [0.25, 0.3) is 0 Å². The summed E-state index contributed by atoms with van der Waals surface area (Å²) in [7, 11) is 1.78. The number of rotatable bonds is 5. The minimum atomic E-state index is -0.596. The monoisotopic (exact) mass is 264 g/mol. The minimum Gasteiger partial charge on any atom is -0.359 e. The van der Waals surface area contributed by atoms with Crippen molar-refractivity contribution < 1.29 is 4.92 Å². The van der Waals surface area contributed by atoms with Crippen molar-refractivity contribution in [3.05, 3.63) is 34.4 Å². The summed E-state index contributed by atoms with van der Waals surface area (Å²) in [5.41, 5.74) is 2.73. The van der Waals surface area contributed by atoms with Gasteiger partial charge in [0.2, 0.25) is 11.6 Å². The van der Waals surface area contributed by atoms with E-state index < -0.39 is 4.92 Å². The quantitative estimate of drug-likeness (QED) is 0.390. The van der Waals surface area contributed by atoms with E-state index in [-0.39, 0.29) is 17.3 Å². The summed E-state index contributed by atoms with van der Waals surface area (Å²) in [6.45, 7) is 0.346. The van der Waals surface area contributed by atoms with Gasteiger partial charge in [-0.2, -0.15) is 5.10 Å². The Bertz CT molecular complexity index is 596. The van der Waals surface area contributed by atoms with Crippen LogP contribution in [0.15, 0.2) is 18.6 Å². The number of aryl methyl sites for hydroxylation is 1. The number of hydrogen-bond acceptors (Lipinski definition) is 8. The molecule has 0 saturated carbocycles. The third-order valence-corrected chi connectivity index (χ3v) is 2.50. The number of nitrogens with zero attached hydrogens (tertiary/aromatic N) is 5. The maximum Gasteiger partial charge on any atom is 0.354 e. The number of nitrogens with one attached hydrogen (secondary N) is 2. The van der Waals surface area contributed by atoms with Crippen molar-refractivity contribution in [2.75, 3.05) is 10.7 Å². The Kier molecular flexibility index (Phi) is 3.52. The lowest BCUT2D eigenvalue weighted by Gasteiger charge is -2.08. The summed E-state index contributed by atoms with van der Waals surface area (Å²) in [6.07, 6.45) is 2.83. The van der Waals surface area contributed by atoms with Crippen molar-refractivity contribution >= 4 is 17.3 Å². The molecule has 2 rings (SSSR count). The Hall–Kier alpha value is -2.75. The zero-order chi connectivity index (χ0) is 13.8. The molecule has 0 spiro atoms. The lowest BCUT2D eigenvalue weighted by Crippen LogP contribution is -2.14. The molecule has 0 aromatic carbocycles. The Morgan fingerprint density at radius 2 is 2.21 bits per heavy atom. The fraction of sp³-hybridized carbons (Fsp3) is 0.222. The van der Waals surface area contributed by atoms with Crippen molar-refractivity contribution in [3.63, 3.8) is 0 Å². The van der Waals surface area contributed by atoms with Crippen LogP contribution in [-0.2, 0) is 13.6 Å². The molecule has 0 fully saturated rings. The first-order valence-electron chi connectivity index (χ1n) is 5.30. The SMILES string of the molecule is Cn1nccc1CNc1ncnc(NN)c1[N+](=O)[O-]. The van der Waals surface area contributed by atoms with E-state index in [0.29, 0.717) is 6.54 Å². The normalized spacial score (nSPS) is 10.2.